The van der Waals surface area contributed by atoms with Crippen LogP contribution in [0.1, 0.15) is 26.4 Å². The van der Waals surface area contributed by atoms with Gasteiger partial charge in [-0.2, -0.15) is 13.2 Å². The van der Waals surface area contributed by atoms with Gasteiger partial charge in [-0.15, -0.1) is 11.3 Å². The zero-order chi connectivity index (χ0) is 18.4. The molecule has 0 aliphatic rings. The van der Waals surface area contributed by atoms with Crippen LogP contribution in [0.3, 0.4) is 0 Å². The standard InChI is InChI=1S/C16H12F3N3O2S/c1-7-8(2)25-14-11(7)13(24)21-15(22-14)20-12(23)9-5-3-4-6-10(9)16(17,18)19/h3-6H,1-2H3,(H2,20,21,22,23,24). The predicted octanol–water partition coefficient (Wildman–Crippen LogP) is 3.87. The maximum atomic E-state index is 13.0. The van der Waals surface area contributed by atoms with Crippen molar-refractivity contribution in [3.63, 3.8) is 0 Å². The summed E-state index contributed by atoms with van der Waals surface area (Å²) in [5, 5.41) is 2.65. The van der Waals surface area contributed by atoms with Crippen LogP contribution >= 0.6 is 11.3 Å². The summed E-state index contributed by atoms with van der Waals surface area (Å²) in [6.07, 6.45) is -4.67. The van der Waals surface area contributed by atoms with Crippen molar-refractivity contribution in [1.29, 1.82) is 0 Å². The average molecular weight is 367 g/mol. The molecule has 2 heterocycles. The van der Waals surface area contributed by atoms with Crippen LogP contribution in [0.5, 0.6) is 0 Å². The van der Waals surface area contributed by atoms with Gasteiger partial charge in [-0.3, -0.25) is 19.9 Å². The number of nitrogens with zero attached hydrogens (tertiary/aromatic N) is 1. The maximum absolute atomic E-state index is 13.0. The molecular weight excluding hydrogens is 355 g/mol. The number of rotatable bonds is 2. The van der Waals surface area contributed by atoms with Crippen LogP contribution in [-0.4, -0.2) is 15.9 Å². The molecule has 25 heavy (non-hydrogen) atoms. The highest BCUT2D eigenvalue weighted by Gasteiger charge is 2.35. The fourth-order valence-electron chi connectivity index (χ4n) is 2.42. The molecule has 2 aromatic heterocycles. The summed E-state index contributed by atoms with van der Waals surface area (Å²) in [4.78, 5) is 32.2. The number of H-pyrrole nitrogens is 1. The van der Waals surface area contributed by atoms with Gasteiger partial charge in [-0.25, -0.2) is 4.98 Å². The number of carbonyl (C=O) groups excluding carboxylic acids is 1. The minimum Gasteiger partial charge on any atom is -0.292 e. The molecular formula is C16H12F3N3O2S. The number of amides is 1. The fraction of sp³-hybridized carbons (Fsp3) is 0.188. The molecule has 0 unspecified atom stereocenters. The third-order valence-electron chi connectivity index (χ3n) is 3.75. The number of nitrogens with one attached hydrogen (secondary N) is 2. The quantitative estimate of drug-likeness (QED) is 0.722. The van der Waals surface area contributed by atoms with Crippen molar-refractivity contribution in [2.45, 2.75) is 20.0 Å². The van der Waals surface area contributed by atoms with E-state index in [2.05, 4.69) is 15.3 Å². The number of hydrogen-bond acceptors (Lipinski definition) is 4. The summed E-state index contributed by atoms with van der Waals surface area (Å²) in [6.45, 7) is 3.61. The summed E-state index contributed by atoms with van der Waals surface area (Å²) in [7, 11) is 0. The van der Waals surface area contributed by atoms with E-state index in [1.54, 1.807) is 6.92 Å². The van der Waals surface area contributed by atoms with Crippen molar-refractivity contribution in [2.75, 3.05) is 5.32 Å². The molecule has 0 aliphatic carbocycles. The van der Waals surface area contributed by atoms with Gasteiger partial charge in [0.05, 0.1) is 16.5 Å². The number of thiophene rings is 1. The zero-order valence-electron chi connectivity index (χ0n) is 13.1. The smallest absolute Gasteiger partial charge is 0.292 e. The minimum atomic E-state index is -4.67. The number of aromatic nitrogens is 2. The van der Waals surface area contributed by atoms with Crippen molar-refractivity contribution < 1.29 is 18.0 Å². The molecule has 3 rings (SSSR count). The van der Waals surface area contributed by atoms with Crippen LogP contribution in [0.15, 0.2) is 29.1 Å². The van der Waals surface area contributed by atoms with E-state index >= 15 is 0 Å². The molecule has 1 amide bonds. The van der Waals surface area contributed by atoms with Crippen molar-refractivity contribution in [3.05, 3.63) is 56.2 Å². The van der Waals surface area contributed by atoms with E-state index in [1.807, 2.05) is 6.92 Å². The van der Waals surface area contributed by atoms with Crippen molar-refractivity contribution in [3.8, 4) is 0 Å². The molecule has 0 spiro atoms. The van der Waals surface area contributed by atoms with Crippen LogP contribution in [0.4, 0.5) is 19.1 Å². The van der Waals surface area contributed by atoms with Gasteiger partial charge in [-0.05, 0) is 31.5 Å². The molecule has 0 aliphatic heterocycles. The van der Waals surface area contributed by atoms with Crippen LogP contribution in [-0.2, 0) is 6.18 Å². The van der Waals surface area contributed by atoms with Crippen LogP contribution in [0, 0.1) is 13.8 Å². The largest absolute Gasteiger partial charge is 0.417 e. The molecule has 0 bridgehead atoms. The Morgan fingerprint density at radius 2 is 1.92 bits per heavy atom. The van der Waals surface area contributed by atoms with E-state index in [0.29, 0.717) is 10.2 Å². The summed E-state index contributed by atoms with van der Waals surface area (Å²) < 4.78 is 39.0. The average Bonchev–Trinajstić information content (AvgIpc) is 2.81. The first-order valence-electron chi connectivity index (χ1n) is 7.16. The maximum Gasteiger partial charge on any atom is 0.417 e. The Morgan fingerprint density at radius 1 is 1.24 bits per heavy atom. The van der Waals surface area contributed by atoms with Gasteiger partial charge in [0, 0.05) is 4.88 Å². The normalized spacial score (nSPS) is 11.7. The van der Waals surface area contributed by atoms with Gasteiger partial charge < -0.3 is 0 Å². The Labute approximate surface area is 143 Å². The summed E-state index contributed by atoms with van der Waals surface area (Å²) in [6, 6.07) is 4.41. The van der Waals surface area contributed by atoms with Gasteiger partial charge in [0.25, 0.3) is 11.5 Å². The lowest BCUT2D eigenvalue weighted by Gasteiger charge is -2.12. The number of aryl methyl sites for hydroxylation is 2. The lowest BCUT2D eigenvalue weighted by Crippen LogP contribution is -2.21. The van der Waals surface area contributed by atoms with Gasteiger partial charge in [0.2, 0.25) is 5.95 Å². The zero-order valence-corrected chi connectivity index (χ0v) is 13.9. The SMILES string of the molecule is Cc1sc2nc(NC(=O)c3ccccc3C(F)(F)F)[nH]c(=O)c2c1C. The molecule has 0 atom stereocenters. The lowest BCUT2D eigenvalue weighted by atomic mass is 10.1. The van der Waals surface area contributed by atoms with Gasteiger partial charge in [0.1, 0.15) is 4.83 Å². The number of halogens is 3. The number of anilines is 1. The summed E-state index contributed by atoms with van der Waals surface area (Å²) in [5.74, 6) is -1.19. The number of benzene rings is 1. The van der Waals surface area contributed by atoms with Gasteiger partial charge in [-0.1, -0.05) is 12.1 Å². The molecule has 5 nitrogen and oxygen atoms in total. The van der Waals surface area contributed by atoms with E-state index in [-0.39, 0.29) is 5.95 Å². The van der Waals surface area contributed by atoms with Crippen molar-refractivity contribution >= 4 is 33.4 Å². The van der Waals surface area contributed by atoms with Crippen LogP contribution in [0.2, 0.25) is 0 Å². The van der Waals surface area contributed by atoms with Crippen LogP contribution < -0.4 is 10.9 Å². The minimum absolute atomic E-state index is 0.194. The Balaban J connectivity index is 2.00. The second-order valence-electron chi connectivity index (χ2n) is 5.38. The molecule has 0 radical (unpaired) electrons. The van der Waals surface area contributed by atoms with E-state index in [0.717, 1.165) is 22.6 Å². The van der Waals surface area contributed by atoms with Crippen molar-refractivity contribution in [2.24, 2.45) is 0 Å². The summed E-state index contributed by atoms with van der Waals surface area (Å²) >= 11 is 1.27. The highest BCUT2D eigenvalue weighted by Crippen LogP contribution is 2.32. The highest BCUT2D eigenvalue weighted by molar-refractivity contribution is 7.18. The topological polar surface area (TPSA) is 74.8 Å². The fourth-order valence-corrected chi connectivity index (χ4v) is 3.45. The Hall–Kier alpha value is -2.68. The van der Waals surface area contributed by atoms with E-state index < -0.39 is 28.8 Å². The highest BCUT2D eigenvalue weighted by atomic mass is 32.1. The van der Waals surface area contributed by atoms with Gasteiger partial charge in [0.15, 0.2) is 0 Å². The third kappa shape index (κ3) is 3.14. The van der Waals surface area contributed by atoms with E-state index in [1.165, 1.54) is 23.5 Å². The number of aromatic amines is 1. The Kier molecular flexibility index (Phi) is 4.11. The van der Waals surface area contributed by atoms with E-state index in [4.69, 9.17) is 0 Å². The second kappa shape index (κ2) is 5.99. The molecule has 1 aromatic carbocycles. The van der Waals surface area contributed by atoms with Crippen LogP contribution in [0.25, 0.3) is 10.2 Å². The molecule has 0 saturated heterocycles. The Bertz CT molecular complexity index is 1040. The Morgan fingerprint density at radius 3 is 2.60 bits per heavy atom. The van der Waals surface area contributed by atoms with Gasteiger partial charge >= 0.3 is 6.18 Å². The first-order valence-corrected chi connectivity index (χ1v) is 7.97. The molecule has 9 heteroatoms. The molecule has 0 fully saturated rings. The molecule has 130 valence electrons. The monoisotopic (exact) mass is 367 g/mol. The third-order valence-corrected chi connectivity index (χ3v) is 4.85. The first-order chi connectivity index (χ1) is 11.7. The number of fused-ring (bicyclic) bond motifs is 1. The predicted molar refractivity (Wildman–Crippen MR) is 89.1 cm³/mol. The first kappa shape index (κ1) is 17.2. The summed E-state index contributed by atoms with van der Waals surface area (Å²) in [5.41, 5.74) is -1.27. The van der Waals surface area contributed by atoms with E-state index in [9.17, 15) is 22.8 Å². The second-order valence-corrected chi connectivity index (χ2v) is 6.58. The molecule has 2 N–H and O–H groups in total. The number of hydrogen-bond donors (Lipinski definition) is 2. The van der Waals surface area contributed by atoms with Crippen molar-refractivity contribution in [1.82, 2.24) is 9.97 Å². The lowest BCUT2D eigenvalue weighted by molar-refractivity contribution is -0.137. The number of alkyl halides is 3. The molecule has 3 aromatic rings. The number of carbonyl (C=O) groups is 1. The molecule has 0 saturated carbocycles.